The van der Waals surface area contributed by atoms with Crippen molar-refractivity contribution in [2.75, 3.05) is 27.2 Å². The van der Waals surface area contributed by atoms with Gasteiger partial charge in [0, 0.05) is 36.9 Å². The van der Waals surface area contributed by atoms with Gasteiger partial charge in [0.15, 0.2) is 5.65 Å². The highest BCUT2D eigenvalue weighted by Gasteiger charge is 2.21. The van der Waals surface area contributed by atoms with Gasteiger partial charge in [-0.2, -0.15) is 0 Å². The van der Waals surface area contributed by atoms with Gasteiger partial charge >= 0.3 is 5.69 Å². The van der Waals surface area contributed by atoms with E-state index in [9.17, 15) is 4.79 Å². The quantitative estimate of drug-likeness (QED) is 0.562. The zero-order valence-electron chi connectivity index (χ0n) is 17.0. The van der Waals surface area contributed by atoms with E-state index >= 15 is 0 Å². The van der Waals surface area contributed by atoms with Gasteiger partial charge in [0.1, 0.15) is 23.1 Å². The van der Waals surface area contributed by atoms with E-state index in [2.05, 4.69) is 26.9 Å². The van der Waals surface area contributed by atoms with Crippen LogP contribution in [0.4, 0.5) is 0 Å². The smallest absolute Gasteiger partial charge is 0.332 e. The number of pyridine rings is 2. The van der Waals surface area contributed by atoms with Gasteiger partial charge in [-0.25, -0.2) is 9.78 Å². The molecule has 0 spiro atoms. The molecule has 3 aromatic heterocycles. The number of hydrogen-bond donors (Lipinski definition) is 1. The van der Waals surface area contributed by atoms with Crippen molar-refractivity contribution in [3.05, 3.63) is 53.2 Å². The first-order chi connectivity index (χ1) is 14.6. The largest absolute Gasteiger partial charge is 0.496 e. The summed E-state index contributed by atoms with van der Waals surface area (Å²) in [5.74, 6) is 1.36. The van der Waals surface area contributed by atoms with Gasteiger partial charge in [-0.1, -0.05) is 0 Å². The van der Waals surface area contributed by atoms with Crippen LogP contribution >= 0.6 is 0 Å². The molecule has 1 saturated heterocycles. The summed E-state index contributed by atoms with van der Waals surface area (Å²) in [6.07, 6.45) is 5.39. The molecule has 1 N–H and O–H groups in total. The average Bonchev–Trinajstić information content (AvgIpc) is 3.11. The van der Waals surface area contributed by atoms with Crippen LogP contribution in [0.5, 0.6) is 11.5 Å². The lowest BCUT2D eigenvalue weighted by atomic mass is 10.1. The number of ether oxygens (including phenoxy) is 2. The molecule has 0 amide bonds. The zero-order valence-corrected chi connectivity index (χ0v) is 17.0. The van der Waals surface area contributed by atoms with Crippen molar-refractivity contribution < 1.29 is 9.47 Å². The highest BCUT2D eigenvalue weighted by atomic mass is 16.5. The average molecular weight is 405 g/mol. The third-order valence-corrected chi connectivity index (χ3v) is 5.66. The molecule has 1 aliphatic heterocycles. The summed E-state index contributed by atoms with van der Waals surface area (Å²) in [5.41, 5.74) is 2.38. The van der Waals surface area contributed by atoms with E-state index in [0.29, 0.717) is 28.4 Å². The number of methoxy groups -OCH3 is 1. The van der Waals surface area contributed by atoms with E-state index in [1.165, 1.54) is 0 Å². The van der Waals surface area contributed by atoms with Crippen molar-refractivity contribution in [3.8, 4) is 17.2 Å². The van der Waals surface area contributed by atoms with Gasteiger partial charge in [0.05, 0.1) is 18.3 Å². The second kappa shape index (κ2) is 7.46. The van der Waals surface area contributed by atoms with E-state index in [1.807, 2.05) is 24.3 Å². The van der Waals surface area contributed by atoms with E-state index in [1.54, 1.807) is 30.1 Å². The molecule has 0 radical (unpaired) electrons. The molecule has 1 fully saturated rings. The summed E-state index contributed by atoms with van der Waals surface area (Å²) in [7, 11) is 3.74. The Morgan fingerprint density at radius 1 is 1.07 bits per heavy atom. The van der Waals surface area contributed by atoms with Crippen LogP contribution in [0.3, 0.4) is 0 Å². The summed E-state index contributed by atoms with van der Waals surface area (Å²) in [4.78, 5) is 26.8. The molecule has 0 atom stereocenters. The Balaban J connectivity index is 1.63. The molecule has 4 aromatic rings. The molecule has 0 aliphatic carbocycles. The maximum absolute atomic E-state index is 12.9. The summed E-state index contributed by atoms with van der Waals surface area (Å²) in [6.45, 7) is 1.99. The fraction of sp³-hybridized carbons (Fsp3) is 0.318. The third kappa shape index (κ3) is 3.19. The van der Waals surface area contributed by atoms with Crippen molar-refractivity contribution in [1.82, 2.24) is 24.4 Å². The van der Waals surface area contributed by atoms with Crippen LogP contribution in [-0.4, -0.2) is 57.8 Å². The van der Waals surface area contributed by atoms with Crippen LogP contribution in [0.2, 0.25) is 0 Å². The van der Waals surface area contributed by atoms with E-state index in [4.69, 9.17) is 9.47 Å². The van der Waals surface area contributed by atoms with Crippen LogP contribution < -0.4 is 15.2 Å². The molecule has 0 bridgehead atoms. The number of hydrogen-bond acceptors (Lipinski definition) is 6. The Hall–Kier alpha value is -3.39. The Bertz CT molecular complexity index is 1270. The molecule has 1 aromatic carbocycles. The molecular weight excluding hydrogens is 382 g/mol. The second-order valence-electron chi connectivity index (χ2n) is 7.61. The first kappa shape index (κ1) is 18.6. The topological polar surface area (TPSA) is 85.3 Å². The monoisotopic (exact) mass is 405 g/mol. The number of nitrogens with zero attached hydrogens (tertiary/aromatic N) is 4. The number of likely N-dealkylation sites (tertiary alicyclic amines) is 1. The van der Waals surface area contributed by atoms with Crippen LogP contribution in [0.25, 0.3) is 27.8 Å². The molecule has 5 rings (SSSR count). The van der Waals surface area contributed by atoms with Crippen molar-refractivity contribution >= 4 is 22.1 Å². The highest BCUT2D eigenvalue weighted by molar-refractivity contribution is 5.88. The predicted molar refractivity (Wildman–Crippen MR) is 115 cm³/mol. The number of imidazole rings is 1. The van der Waals surface area contributed by atoms with Gasteiger partial charge in [-0.3, -0.25) is 14.5 Å². The fourth-order valence-corrected chi connectivity index (χ4v) is 4.05. The minimum absolute atomic E-state index is 0.117. The number of aromatic amines is 1. The van der Waals surface area contributed by atoms with Crippen LogP contribution in [0.1, 0.15) is 12.8 Å². The van der Waals surface area contributed by atoms with Crippen molar-refractivity contribution in [1.29, 1.82) is 0 Å². The van der Waals surface area contributed by atoms with Crippen molar-refractivity contribution in [2.24, 2.45) is 0 Å². The first-order valence-corrected chi connectivity index (χ1v) is 10.0. The summed E-state index contributed by atoms with van der Waals surface area (Å²) in [5, 5.41) is 0.834. The van der Waals surface area contributed by atoms with Gasteiger partial charge in [-0.15, -0.1) is 0 Å². The number of piperidine rings is 1. The second-order valence-corrected chi connectivity index (χ2v) is 7.61. The van der Waals surface area contributed by atoms with Gasteiger partial charge in [0.2, 0.25) is 0 Å². The zero-order chi connectivity index (χ0) is 20.7. The van der Waals surface area contributed by atoms with Gasteiger partial charge in [-0.05, 0) is 44.2 Å². The number of H-pyrrole nitrogens is 1. The lowest BCUT2D eigenvalue weighted by Gasteiger charge is -2.29. The minimum atomic E-state index is -0.265. The lowest BCUT2D eigenvalue weighted by molar-refractivity contribution is 0.115. The fourth-order valence-electron chi connectivity index (χ4n) is 4.05. The minimum Gasteiger partial charge on any atom is -0.496 e. The molecule has 1 aliphatic rings. The normalized spacial score (nSPS) is 15.7. The van der Waals surface area contributed by atoms with Crippen LogP contribution in [-0.2, 0) is 0 Å². The lowest BCUT2D eigenvalue weighted by Crippen LogP contribution is -2.35. The summed E-state index contributed by atoms with van der Waals surface area (Å²) < 4.78 is 13.4. The number of nitrogens with one attached hydrogen (secondary N) is 1. The molecule has 0 saturated carbocycles. The van der Waals surface area contributed by atoms with Crippen LogP contribution in [0, 0.1) is 0 Å². The standard InChI is InChI=1S/C22H23N5O3/c1-26-11-7-15(8-12-26)30-19-6-10-24-21-20(19)27(22(28)25-21)14-3-4-17-16(13-14)18(29-2)5-9-23-17/h3-6,9-10,13,15H,7-8,11-12H2,1-2H3,(H,24,25,28). The summed E-state index contributed by atoms with van der Waals surface area (Å²) >= 11 is 0. The Morgan fingerprint density at radius 2 is 1.83 bits per heavy atom. The molecular formula is C22H23N5O3. The summed E-state index contributed by atoms with van der Waals surface area (Å²) in [6, 6.07) is 9.29. The van der Waals surface area contributed by atoms with E-state index in [-0.39, 0.29) is 11.8 Å². The van der Waals surface area contributed by atoms with Crippen molar-refractivity contribution in [2.45, 2.75) is 18.9 Å². The number of benzene rings is 1. The Labute approximate surface area is 173 Å². The highest BCUT2D eigenvalue weighted by Crippen LogP contribution is 2.30. The van der Waals surface area contributed by atoms with E-state index in [0.717, 1.165) is 36.8 Å². The number of rotatable bonds is 4. The Morgan fingerprint density at radius 3 is 2.63 bits per heavy atom. The van der Waals surface area contributed by atoms with Crippen molar-refractivity contribution in [3.63, 3.8) is 0 Å². The maximum Gasteiger partial charge on any atom is 0.332 e. The molecule has 154 valence electrons. The SMILES string of the molecule is COc1ccnc2ccc(-n3c(=O)[nH]c4nccc(OC5CCN(C)CC5)c43)cc12. The predicted octanol–water partition coefficient (Wildman–Crippen LogP) is 2.74. The molecule has 8 heteroatoms. The van der Waals surface area contributed by atoms with E-state index < -0.39 is 0 Å². The molecule has 30 heavy (non-hydrogen) atoms. The number of fused-ring (bicyclic) bond motifs is 2. The molecule has 0 unspecified atom stereocenters. The first-order valence-electron chi connectivity index (χ1n) is 10.0. The Kier molecular flexibility index (Phi) is 4.63. The molecule has 4 heterocycles. The van der Waals surface area contributed by atoms with Gasteiger partial charge < -0.3 is 14.4 Å². The number of aromatic nitrogens is 4. The molecule has 8 nitrogen and oxygen atoms in total. The van der Waals surface area contributed by atoms with Gasteiger partial charge in [0.25, 0.3) is 0 Å². The van der Waals surface area contributed by atoms with Crippen LogP contribution in [0.15, 0.2) is 47.5 Å². The maximum atomic E-state index is 12.9. The third-order valence-electron chi connectivity index (χ3n) is 5.66.